The standard InChI is InChI=1S/C28H25N3O4/c1-3-33-21-6-4-5-20(14-21)27-24-25(19-10-7-17(2)8-11-19)29-30-26(24)28(32)31(27)15-18-9-12-22-23(13-18)35-16-34-22/h4-14,27H,3,15-16H2,1-2H3,(H,29,30). The molecule has 0 fully saturated rings. The lowest BCUT2D eigenvalue weighted by Gasteiger charge is -2.27. The summed E-state index contributed by atoms with van der Waals surface area (Å²) < 4.78 is 16.8. The van der Waals surface area contributed by atoms with Gasteiger partial charge in [-0.15, -0.1) is 0 Å². The van der Waals surface area contributed by atoms with Crippen LogP contribution in [0.5, 0.6) is 17.2 Å². The molecule has 176 valence electrons. The van der Waals surface area contributed by atoms with Gasteiger partial charge >= 0.3 is 0 Å². The Labute approximate surface area is 203 Å². The molecule has 4 aromatic rings. The van der Waals surface area contributed by atoms with Crippen LogP contribution in [0.1, 0.15) is 45.7 Å². The van der Waals surface area contributed by atoms with E-state index in [-0.39, 0.29) is 18.7 Å². The number of amides is 1. The number of rotatable bonds is 6. The zero-order valence-corrected chi connectivity index (χ0v) is 19.6. The van der Waals surface area contributed by atoms with E-state index in [9.17, 15) is 4.79 Å². The largest absolute Gasteiger partial charge is 0.494 e. The molecule has 1 amide bonds. The van der Waals surface area contributed by atoms with E-state index < -0.39 is 0 Å². The molecule has 7 nitrogen and oxygen atoms in total. The van der Waals surface area contributed by atoms with Crippen LogP contribution in [0.3, 0.4) is 0 Å². The number of H-pyrrole nitrogens is 1. The number of aromatic amines is 1. The first-order valence-electron chi connectivity index (χ1n) is 11.7. The Hall–Kier alpha value is -4.26. The number of hydrogen-bond acceptors (Lipinski definition) is 5. The molecule has 2 aliphatic rings. The molecule has 0 spiro atoms. The minimum atomic E-state index is -0.321. The predicted octanol–water partition coefficient (Wildman–Crippen LogP) is 5.26. The quantitative estimate of drug-likeness (QED) is 0.419. The molecule has 0 saturated carbocycles. The van der Waals surface area contributed by atoms with Gasteiger partial charge in [-0.25, -0.2) is 0 Å². The van der Waals surface area contributed by atoms with E-state index >= 15 is 0 Å². The van der Waals surface area contributed by atoms with Crippen molar-refractivity contribution >= 4 is 5.91 Å². The normalized spacial score (nSPS) is 16.0. The molecule has 0 aliphatic carbocycles. The number of benzene rings is 3. The summed E-state index contributed by atoms with van der Waals surface area (Å²) in [6, 6.07) is 21.6. The highest BCUT2D eigenvalue weighted by Crippen LogP contribution is 2.44. The SMILES string of the molecule is CCOc1cccc(C2c3c(-c4ccc(C)cc4)n[nH]c3C(=O)N2Cc2ccc3c(c2)OCO3)c1. The fourth-order valence-electron chi connectivity index (χ4n) is 4.81. The van der Waals surface area contributed by atoms with Crippen LogP contribution in [0.4, 0.5) is 0 Å². The smallest absolute Gasteiger partial charge is 0.273 e. The van der Waals surface area contributed by atoms with E-state index in [1.165, 1.54) is 5.56 Å². The molecule has 7 heteroatoms. The number of nitrogens with one attached hydrogen (secondary N) is 1. The van der Waals surface area contributed by atoms with Crippen molar-refractivity contribution in [1.29, 1.82) is 0 Å². The van der Waals surface area contributed by atoms with Gasteiger partial charge in [0.15, 0.2) is 11.5 Å². The van der Waals surface area contributed by atoms with Gasteiger partial charge in [-0.3, -0.25) is 9.89 Å². The van der Waals surface area contributed by atoms with Gasteiger partial charge in [-0.1, -0.05) is 48.0 Å². The van der Waals surface area contributed by atoms with Crippen molar-refractivity contribution in [3.8, 4) is 28.5 Å². The fourth-order valence-corrected chi connectivity index (χ4v) is 4.81. The van der Waals surface area contributed by atoms with Gasteiger partial charge in [0, 0.05) is 17.7 Å². The predicted molar refractivity (Wildman–Crippen MR) is 131 cm³/mol. The average Bonchev–Trinajstić information content (AvgIpc) is 3.57. The minimum absolute atomic E-state index is 0.0876. The van der Waals surface area contributed by atoms with Crippen LogP contribution >= 0.6 is 0 Å². The molecular weight excluding hydrogens is 442 g/mol. The van der Waals surface area contributed by atoms with Gasteiger partial charge in [0.1, 0.15) is 11.4 Å². The van der Waals surface area contributed by atoms with Crippen molar-refractivity contribution in [2.75, 3.05) is 13.4 Å². The summed E-state index contributed by atoms with van der Waals surface area (Å²) in [4.78, 5) is 15.6. The van der Waals surface area contributed by atoms with Crippen LogP contribution in [0.25, 0.3) is 11.3 Å². The van der Waals surface area contributed by atoms with E-state index in [1.807, 2.05) is 66.4 Å². The maximum atomic E-state index is 13.7. The third-order valence-corrected chi connectivity index (χ3v) is 6.46. The summed E-state index contributed by atoms with van der Waals surface area (Å²) in [7, 11) is 0. The first-order chi connectivity index (χ1) is 17.1. The lowest BCUT2D eigenvalue weighted by molar-refractivity contribution is 0.0729. The number of carbonyl (C=O) groups excluding carboxylic acids is 1. The number of aromatic nitrogens is 2. The number of nitrogens with zero attached hydrogens (tertiary/aromatic N) is 2. The van der Waals surface area contributed by atoms with E-state index in [1.54, 1.807) is 0 Å². The van der Waals surface area contributed by atoms with Crippen LogP contribution in [0.2, 0.25) is 0 Å². The summed E-state index contributed by atoms with van der Waals surface area (Å²) in [6.07, 6.45) is 0. The van der Waals surface area contributed by atoms with Crippen LogP contribution in [-0.4, -0.2) is 34.4 Å². The molecule has 1 unspecified atom stereocenters. The molecule has 1 aromatic heterocycles. The molecule has 0 bridgehead atoms. The molecular formula is C28H25N3O4. The summed E-state index contributed by atoms with van der Waals surface area (Å²) in [5, 5.41) is 7.60. The highest BCUT2D eigenvalue weighted by atomic mass is 16.7. The van der Waals surface area contributed by atoms with Crippen molar-refractivity contribution in [2.45, 2.75) is 26.4 Å². The molecule has 0 saturated heterocycles. The van der Waals surface area contributed by atoms with Crippen LogP contribution in [0.15, 0.2) is 66.7 Å². The first kappa shape index (κ1) is 21.3. The average molecular weight is 468 g/mol. The maximum Gasteiger partial charge on any atom is 0.273 e. The summed E-state index contributed by atoms with van der Waals surface area (Å²) >= 11 is 0. The Balaban J connectivity index is 1.45. The van der Waals surface area contributed by atoms with Crippen molar-refractivity contribution in [1.82, 2.24) is 15.1 Å². The van der Waals surface area contributed by atoms with Crippen molar-refractivity contribution in [3.63, 3.8) is 0 Å². The third-order valence-electron chi connectivity index (χ3n) is 6.46. The van der Waals surface area contributed by atoms with Gasteiger partial charge < -0.3 is 19.1 Å². The van der Waals surface area contributed by atoms with E-state index in [0.29, 0.717) is 24.6 Å². The molecule has 3 aromatic carbocycles. The lowest BCUT2D eigenvalue weighted by Crippen LogP contribution is -2.29. The Morgan fingerprint density at radius 1 is 1.06 bits per heavy atom. The second-order valence-corrected chi connectivity index (χ2v) is 8.76. The Morgan fingerprint density at radius 3 is 2.71 bits per heavy atom. The Morgan fingerprint density at radius 2 is 1.89 bits per heavy atom. The molecule has 1 N–H and O–H groups in total. The van der Waals surface area contributed by atoms with E-state index in [2.05, 4.69) is 29.3 Å². The molecule has 6 rings (SSSR count). The topological polar surface area (TPSA) is 76.7 Å². The monoisotopic (exact) mass is 467 g/mol. The highest BCUT2D eigenvalue weighted by Gasteiger charge is 2.42. The zero-order valence-electron chi connectivity index (χ0n) is 19.6. The summed E-state index contributed by atoms with van der Waals surface area (Å²) in [5.41, 5.74) is 6.26. The Kier molecular flexibility index (Phi) is 5.17. The van der Waals surface area contributed by atoms with Crippen LogP contribution in [-0.2, 0) is 6.54 Å². The van der Waals surface area contributed by atoms with Gasteiger partial charge in [-0.2, -0.15) is 5.10 Å². The number of ether oxygens (including phenoxy) is 3. The number of hydrogen-bond donors (Lipinski definition) is 1. The second-order valence-electron chi connectivity index (χ2n) is 8.76. The number of carbonyl (C=O) groups is 1. The van der Waals surface area contributed by atoms with E-state index in [0.717, 1.165) is 39.4 Å². The number of fused-ring (bicyclic) bond motifs is 2. The van der Waals surface area contributed by atoms with Crippen LogP contribution in [0, 0.1) is 6.92 Å². The van der Waals surface area contributed by atoms with Gasteiger partial charge in [0.05, 0.1) is 18.3 Å². The second kappa shape index (κ2) is 8.51. The summed E-state index contributed by atoms with van der Waals surface area (Å²) in [5.74, 6) is 2.10. The minimum Gasteiger partial charge on any atom is -0.494 e. The third kappa shape index (κ3) is 3.69. The lowest BCUT2D eigenvalue weighted by atomic mass is 9.95. The molecule has 0 radical (unpaired) electrons. The first-order valence-corrected chi connectivity index (χ1v) is 11.7. The zero-order chi connectivity index (χ0) is 23.9. The number of aryl methyl sites for hydroxylation is 1. The van der Waals surface area contributed by atoms with Crippen LogP contribution < -0.4 is 14.2 Å². The van der Waals surface area contributed by atoms with E-state index in [4.69, 9.17) is 14.2 Å². The molecule has 2 aliphatic heterocycles. The molecule has 3 heterocycles. The summed E-state index contributed by atoms with van der Waals surface area (Å²) in [6.45, 7) is 5.21. The fraction of sp³-hybridized carbons (Fsp3) is 0.214. The van der Waals surface area contributed by atoms with Crippen molar-refractivity contribution in [2.24, 2.45) is 0 Å². The molecule has 1 atom stereocenters. The highest BCUT2D eigenvalue weighted by molar-refractivity contribution is 6.00. The van der Waals surface area contributed by atoms with Gasteiger partial charge in [0.25, 0.3) is 5.91 Å². The van der Waals surface area contributed by atoms with Gasteiger partial charge in [0.2, 0.25) is 6.79 Å². The van der Waals surface area contributed by atoms with Crippen molar-refractivity contribution in [3.05, 3.63) is 94.7 Å². The maximum absolute atomic E-state index is 13.7. The van der Waals surface area contributed by atoms with Crippen molar-refractivity contribution < 1.29 is 19.0 Å². The van der Waals surface area contributed by atoms with Gasteiger partial charge in [-0.05, 0) is 49.2 Å². The Bertz CT molecular complexity index is 1410. The molecule has 35 heavy (non-hydrogen) atoms.